The molecular weight excluding hydrogens is 291 g/mol. The van der Waals surface area contributed by atoms with Crippen LogP contribution in [0.4, 0.5) is 13.2 Å². The Morgan fingerprint density at radius 2 is 1.64 bits per heavy atom. The predicted octanol–water partition coefficient (Wildman–Crippen LogP) is 4.59. The van der Waals surface area contributed by atoms with Crippen molar-refractivity contribution in [1.29, 1.82) is 5.26 Å². The fraction of sp³-hybridized carbons (Fsp3) is 0.176. The number of hydrogen-bond donors (Lipinski definition) is 0. The molecule has 2 aromatic carbocycles. The number of Topliss-reactive ketones (excluding diaryl/α,β-unsaturated/α-hetero) is 1. The van der Waals surface area contributed by atoms with Crippen molar-refractivity contribution in [3.8, 4) is 6.07 Å². The third-order valence-corrected chi connectivity index (χ3v) is 3.28. The molecule has 0 aliphatic heterocycles. The third kappa shape index (κ3) is 3.73. The first-order valence-corrected chi connectivity index (χ1v) is 6.57. The molecule has 0 saturated carbocycles. The van der Waals surface area contributed by atoms with Crippen molar-refractivity contribution in [3.05, 3.63) is 71.3 Å². The number of halogens is 3. The van der Waals surface area contributed by atoms with Gasteiger partial charge in [-0.1, -0.05) is 42.5 Å². The molecule has 0 spiro atoms. The Morgan fingerprint density at radius 3 is 2.14 bits per heavy atom. The number of carbonyl (C=O) groups is 1. The van der Waals surface area contributed by atoms with E-state index in [-0.39, 0.29) is 12.2 Å². The van der Waals surface area contributed by atoms with Crippen LogP contribution in [0.15, 0.2) is 54.6 Å². The molecule has 0 aliphatic carbocycles. The van der Waals surface area contributed by atoms with Crippen LogP contribution in [0.1, 0.15) is 33.8 Å². The first-order valence-electron chi connectivity index (χ1n) is 6.57. The highest BCUT2D eigenvalue weighted by Crippen LogP contribution is 2.30. The number of carbonyl (C=O) groups excluding carboxylic acids is 1. The second-order valence-corrected chi connectivity index (χ2v) is 4.79. The summed E-state index contributed by atoms with van der Waals surface area (Å²) in [4.78, 5) is 12.1. The summed E-state index contributed by atoms with van der Waals surface area (Å²) in [5.41, 5.74) is 0.108. The molecule has 0 aliphatic rings. The smallest absolute Gasteiger partial charge is 0.294 e. The number of hydrogen-bond acceptors (Lipinski definition) is 2. The van der Waals surface area contributed by atoms with Crippen LogP contribution in [0.3, 0.4) is 0 Å². The van der Waals surface area contributed by atoms with Crippen molar-refractivity contribution in [3.63, 3.8) is 0 Å². The molecule has 2 nitrogen and oxygen atoms in total. The summed E-state index contributed by atoms with van der Waals surface area (Å²) in [6.45, 7) is 0. The van der Waals surface area contributed by atoms with Crippen LogP contribution in [0.25, 0.3) is 0 Å². The van der Waals surface area contributed by atoms with Gasteiger partial charge in [-0.25, -0.2) is 0 Å². The average molecular weight is 303 g/mol. The fourth-order valence-electron chi connectivity index (χ4n) is 2.07. The van der Waals surface area contributed by atoms with Gasteiger partial charge in [0.05, 0.1) is 17.6 Å². The standard InChI is InChI=1S/C17H12F3NO/c18-17(19,20)15-8-6-12(7-9-15)14(11-21)10-16(22)13-4-2-1-3-5-13/h1-9,14H,10H2/t14-/m0/s1. The molecule has 112 valence electrons. The van der Waals surface area contributed by atoms with E-state index in [0.717, 1.165) is 12.1 Å². The molecule has 1 atom stereocenters. The molecule has 2 aromatic rings. The molecule has 5 heteroatoms. The highest BCUT2D eigenvalue weighted by Gasteiger charge is 2.30. The lowest BCUT2D eigenvalue weighted by Gasteiger charge is -2.11. The van der Waals surface area contributed by atoms with E-state index < -0.39 is 17.7 Å². The van der Waals surface area contributed by atoms with E-state index in [2.05, 4.69) is 0 Å². The number of nitrogens with zero attached hydrogens (tertiary/aromatic N) is 1. The van der Waals surface area contributed by atoms with Gasteiger partial charge in [-0.3, -0.25) is 4.79 Å². The van der Waals surface area contributed by atoms with Crippen molar-refractivity contribution in [2.75, 3.05) is 0 Å². The van der Waals surface area contributed by atoms with Gasteiger partial charge >= 0.3 is 6.18 Å². The Morgan fingerprint density at radius 1 is 1.05 bits per heavy atom. The molecule has 2 rings (SSSR count). The van der Waals surface area contributed by atoms with Crippen molar-refractivity contribution < 1.29 is 18.0 Å². The van der Waals surface area contributed by atoms with Crippen molar-refractivity contribution in [2.45, 2.75) is 18.5 Å². The maximum Gasteiger partial charge on any atom is 0.416 e. The number of nitriles is 1. The number of rotatable bonds is 4. The maximum atomic E-state index is 12.5. The van der Waals surface area contributed by atoms with Crippen molar-refractivity contribution in [1.82, 2.24) is 0 Å². The molecule has 0 amide bonds. The zero-order chi connectivity index (χ0) is 16.2. The molecule has 0 bridgehead atoms. The number of ketones is 1. The van der Waals surface area contributed by atoms with Crippen LogP contribution in [0.2, 0.25) is 0 Å². The zero-order valence-corrected chi connectivity index (χ0v) is 11.5. The van der Waals surface area contributed by atoms with E-state index in [1.54, 1.807) is 30.3 Å². The lowest BCUT2D eigenvalue weighted by Crippen LogP contribution is -2.08. The largest absolute Gasteiger partial charge is 0.416 e. The Balaban J connectivity index is 2.16. The monoisotopic (exact) mass is 303 g/mol. The molecule has 22 heavy (non-hydrogen) atoms. The minimum atomic E-state index is -4.42. The lowest BCUT2D eigenvalue weighted by molar-refractivity contribution is -0.137. The van der Waals surface area contributed by atoms with Crippen LogP contribution >= 0.6 is 0 Å². The van der Waals surface area contributed by atoms with E-state index in [1.165, 1.54) is 12.1 Å². The van der Waals surface area contributed by atoms with Crippen LogP contribution in [0, 0.1) is 11.3 Å². The number of alkyl halides is 3. The van der Waals surface area contributed by atoms with Gasteiger partial charge in [-0.15, -0.1) is 0 Å². The summed E-state index contributed by atoms with van der Waals surface area (Å²) in [5.74, 6) is -0.984. The Bertz CT molecular complexity index is 685. The fourth-order valence-corrected chi connectivity index (χ4v) is 2.07. The van der Waals surface area contributed by atoms with E-state index in [1.807, 2.05) is 6.07 Å². The van der Waals surface area contributed by atoms with Gasteiger partial charge in [0.2, 0.25) is 0 Å². The molecule has 0 radical (unpaired) electrons. The summed E-state index contributed by atoms with van der Waals surface area (Å²) >= 11 is 0. The van der Waals surface area contributed by atoms with E-state index in [0.29, 0.717) is 11.1 Å². The average Bonchev–Trinajstić information content (AvgIpc) is 2.52. The van der Waals surface area contributed by atoms with Crippen LogP contribution in [-0.4, -0.2) is 5.78 Å². The van der Waals surface area contributed by atoms with E-state index >= 15 is 0 Å². The molecule has 0 unspecified atom stereocenters. The number of benzene rings is 2. The first kappa shape index (κ1) is 15.8. The molecule has 0 aromatic heterocycles. The topological polar surface area (TPSA) is 40.9 Å². The molecule has 0 fully saturated rings. The molecule has 0 N–H and O–H groups in total. The normalized spacial score (nSPS) is 12.5. The zero-order valence-electron chi connectivity index (χ0n) is 11.5. The third-order valence-electron chi connectivity index (χ3n) is 3.28. The van der Waals surface area contributed by atoms with Gasteiger partial charge in [-0.2, -0.15) is 18.4 Å². The minimum Gasteiger partial charge on any atom is -0.294 e. The van der Waals surface area contributed by atoms with Crippen LogP contribution in [0.5, 0.6) is 0 Å². The summed E-state index contributed by atoms with van der Waals surface area (Å²) in [7, 11) is 0. The summed E-state index contributed by atoms with van der Waals surface area (Å²) in [6.07, 6.45) is -4.48. The van der Waals surface area contributed by atoms with Crippen LogP contribution in [-0.2, 0) is 6.18 Å². The molecular formula is C17H12F3NO. The van der Waals surface area contributed by atoms with Gasteiger partial charge in [0.25, 0.3) is 0 Å². The highest BCUT2D eigenvalue weighted by atomic mass is 19.4. The summed E-state index contributed by atoms with van der Waals surface area (Å²) < 4.78 is 37.5. The Labute approximate surface area is 125 Å². The van der Waals surface area contributed by atoms with E-state index in [4.69, 9.17) is 0 Å². The SMILES string of the molecule is N#C[C@H](CC(=O)c1ccccc1)c1ccc(C(F)(F)F)cc1. The predicted molar refractivity (Wildman–Crippen MR) is 75.2 cm³/mol. The summed E-state index contributed by atoms with van der Waals surface area (Å²) in [5, 5.41) is 9.18. The Hall–Kier alpha value is -2.61. The van der Waals surface area contributed by atoms with Gasteiger partial charge < -0.3 is 0 Å². The van der Waals surface area contributed by atoms with Gasteiger partial charge in [0.15, 0.2) is 5.78 Å². The quantitative estimate of drug-likeness (QED) is 0.775. The minimum absolute atomic E-state index is 0.0636. The molecule has 0 saturated heterocycles. The molecule has 0 heterocycles. The second kappa shape index (κ2) is 6.44. The van der Waals surface area contributed by atoms with Crippen molar-refractivity contribution in [2.24, 2.45) is 0 Å². The lowest BCUT2D eigenvalue weighted by atomic mass is 9.92. The summed E-state index contributed by atoms with van der Waals surface area (Å²) in [6, 6.07) is 14.8. The van der Waals surface area contributed by atoms with E-state index in [9.17, 15) is 23.2 Å². The van der Waals surface area contributed by atoms with Crippen LogP contribution < -0.4 is 0 Å². The maximum absolute atomic E-state index is 12.5. The van der Waals surface area contributed by atoms with Gasteiger partial charge in [0.1, 0.15) is 0 Å². The highest BCUT2D eigenvalue weighted by molar-refractivity contribution is 5.96. The first-order chi connectivity index (χ1) is 10.4. The Kier molecular flexibility index (Phi) is 4.62. The van der Waals surface area contributed by atoms with Crippen molar-refractivity contribution >= 4 is 5.78 Å². The van der Waals surface area contributed by atoms with Gasteiger partial charge in [-0.05, 0) is 17.7 Å². The van der Waals surface area contributed by atoms with Gasteiger partial charge in [0, 0.05) is 12.0 Å². The second-order valence-electron chi connectivity index (χ2n) is 4.79.